The second-order valence-corrected chi connectivity index (χ2v) is 8.03. The van der Waals surface area contributed by atoms with Crippen molar-refractivity contribution in [1.29, 1.82) is 0 Å². The van der Waals surface area contributed by atoms with Crippen LogP contribution in [0.4, 0.5) is 4.39 Å². The van der Waals surface area contributed by atoms with Crippen molar-refractivity contribution < 1.29 is 29.3 Å². The molecule has 4 rings (SSSR count). The van der Waals surface area contributed by atoms with E-state index in [1.165, 1.54) is 23.1 Å². The number of rotatable bonds is 7. The molecule has 1 atom stereocenters. The standard InChI is InChI=1S/C24H24FN3O5/c25-16-6-7-20-18(10-16)22(24(32)33)19(23(26-20)15-4-2-1-3-5-15)12-27-8-9-28(21(31)13-27)11-17(30)14-29/h1-7,10,17,29-30H,8-9,11-14H2,(H,32,33)/t17-/m0/s1. The number of halogens is 1. The highest BCUT2D eigenvalue weighted by Gasteiger charge is 2.29. The van der Waals surface area contributed by atoms with Crippen molar-refractivity contribution in [3.05, 3.63) is 65.5 Å². The average molecular weight is 453 g/mol. The number of amides is 1. The van der Waals surface area contributed by atoms with E-state index in [1.54, 1.807) is 0 Å². The molecule has 3 N–H and O–H groups in total. The number of carbonyl (C=O) groups is 2. The van der Waals surface area contributed by atoms with Crippen LogP contribution in [0.15, 0.2) is 48.5 Å². The van der Waals surface area contributed by atoms with Crippen LogP contribution < -0.4 is 0 Å². The molecule has 172 valence electrons. The Kier molecular flexibility index (Phi) is 6.64. The molecule has 1 saturated heterocycles. The van der Waals surface area contributed by atoms with Gasteiger partial charge in [-0.3, -0.25) is 9.69 Å². The van der Waals surface area contributed by atoms with Crippen molar-refractivity contribution >= 4 is 22.8 Å². The van der Waals surface area contributed by atoms with Crippen LogP contribution >= 0.6 is 0 Å². The molecule has 8 nitrogen and oxygen atoms in total. The fourth-order valence-corrected chi connectivity index (χ4v) is 4.13. The summed E-state index contributed by atoms with van der Waals surface area (Å²) in [6.07, 6.45) is -1.01. The molecule has 0 radical (unpaired) electrons. The number of benzene rings is 2. The van der Waals surface area contributed by atoms with Crippen LogP contribution in [0.2, 0.25) is 0 Å². The van der Waals surface area contributed by atoms with E-state index in [0.29, 0.717) is 29.9 Å². The quantitative estimate of drug-likeness (QED) is 0.499. The SMILES string of the molecule is O=C(O)c1c(CN2CCN(C[C@H](O)CO)C(=O)C2)c(-c2ccccc2)nc2ccc(F)cc12. The van der Waals surface area contributed by atoms with E-state index in [-0.39, 0.29) is 36.5 Å². The summed E-state index contributed by atoms with van der Waals surface area (Å²) >= 11 is 0. The van der Waals surface area contributed by atoms with E-state index < -0.39 is 24.5 Å². The lowest BCUT2D eigenvalue weighted by molar-refractivity contribution is -0.138. The smallest absolute Gasteiger partial charge is 0.336 e. The lowest BCUT2D eigenvalue weighted by Gasteiger charge is -2.35. The molecular weight excluding hydrogens is 429 g/mol. The summed E-state index contributed by atoms with van der Waals surface area (Å²) in [6, 6.07) is 13.0. The molecule has 2 aromatic carbocycles. The minimum absolute atomic E-state index is 0.0205. The number of piperazine rings is 1. The molecule has 1 aliphatic heterocycles. The van der Waals surface area contributed by atoms with Gasteiger partial charge in [0.2, 0.25) is 5.91 Å². The number of aromatic carboxylic acids is 1. The molecule has 0 unspecified atom stereocenters. The van der Waals surface area contributed by atoms with Crippen LogP contribution in [0.25, 0.3) is 22.2 Å². The first-order valence-corrected chi connectivity index (χ1v) is 10.6. The molecule has 33 heavy (non-hydrogen) atoms. The van der Waals surface area contributed by atoms with Crippen LogP contribution in [0.3, 0.4) is 0 Å². The van der Waals surface area contributed by atoms with Crippen LogP contribution in [0.1, 0.15) is 15.9 Å². The van der Waals surface area contributed by atoms with E-state index in [0.717, 1.165) is 5.56 Å². The van der Waals surface area contributed by atoms with Crippen molar-refractivity contribution in [2.45, 2.75) is 12.6 Å². The first kappa shape index (κ1) is 22.8. The Morgan fingerprint density at radius 1 is 1.15 bits per heavy atom. The third kappa shape index (κ3) is 4.85. The lowest BCUT2D eigenvalue weighted by Crippen LogP contribution is -2.52. The van der Waals surface area contributed by atoms with E-state index in [9.17, 15) is 24.2 Å². The molecular formula is C24H24FN3O5. The number of carboxylic acids is 1. The maximum atomic E-state index is 14.0. The maximum absolute atomic E-state index is 14.0. The van der Waals surface area contributed by atoms with Gasteiger partial charge in [0.1, 0.15) is 5.82 Å². The summed E-state index contributed by atoms with van der Waals surface area (Å²) in [5, 5.41) is 29.0. The van der Waals surface area contributed by atoms with Gasteiger partial charge < -0.3 is 20.2 Å². The zero-order valence-electron chi connectivity index (χ0n) is 17.8. The number of pyridine rings is 1. The predicted molar refractivity (Wildman–Crippen MR) is 119 cm³/mol. The summed E-state index contributed by atoms with van der Waals surface area (Å²) in [4.78, 5) is 32.9. The fourth-order valence-electron chi connectivity index (χ4n) is 4.13. The van der Waals surface area contributed by atoms with Crippen LogP contribution in [0.5, 0.6) is 0 Å². The Morgan fingerprint density at radius 3 is 2.58 bits per heavy atom. The molecule has 1 aromatic heterocycles. The number of nitrogens with zero attached hydrogens (tertiary/aromatic N) is 3. The molecule has 9 heteroatoms. The first-order chi connectivity index (χ1) is 15.9. The topological polar surface area (TPSA) is 114 Å². The van der Waals surface area contributed by atoms with Gasteiger partial charge in [0.25, 0.3) is 0 Å². The number of hydrogen-bond donors (Lipinski definition) is 3. The van der Waals surface area contributed by atoms with Crippen molar-refractivity contribution in [3.8, 4) is 11.3 Å². The van der Waals surface area contributed by atoms with Gasteiger partial charge in [-0.05, 0) is 18.2 Å². The fraction of sp³-hybridized carbons (Fsp3) is 0.292. The zero-order chi connectivity index (χ0) is 23.5. The van der Waals surface area contributed by atoms with Gasteiger partial charge in [-0.2, -0.15) is 0 Å². The third-order valence-electron chi connectivity index (χ3n) is 5.73. The molecule has 0 aliphatic carbocycles. The maximum Gasteiger partial charge on any atom is 0.336 e. The molecule has 1 aliphatic rings. The third-order valence-corrected chi connectivity index (χ3v) is 5.73. The Labute approximate surface area is 189 Å². The molecule has 2 heterocycles. The number of carbonyl (C=O) groups excluding carboxylic acids is 1. The van der Waals surface area contributed by atoms with Gasteiger partial charge >= 0.3 is 5.97 Å². The van der Waals surface area contributed by atoms with E-state index >= 15 is 0 Å². The number of carboxylic acid groups (broad SMARTS) is 1. The molecule has 1 amide bonds. The predicted octanol–water partition coefficient (Wildman–Crippen LogP) is 1.74. The molecule has 0 spiro atoms. The van der Waals surface area contributed by atoms with Crippen LogP contribution in [-0.2, 0) is 11.3 Å². The monoisotopic (exact) mass is 453 g/mol. The average Bonchev–Trinajstić information content (AvgIpc) is 2.80. The minimum atomic E-state index is -1.20. The van der Waals surface area contributed by atoms with Crippen molar-refractivity contribution in [3.63, 3.8) is 0 Å². The molecule has 0 bridgehead atoms. The summed E-state index contributed by atoms with van der Waals surface area (Å²) in [5.41, 5.74) is 1.93. The van der Waals surface area contributed by atoms with Gasteiger partial charge in [0.05, 0.1) is 36.0 Å². The lowest BCUT2D eigenvalue weighted by atomic mass is 9.96. The Hall–Kier alpha value is -3.40. The Balaban J connectivity index is 1.75. The number of β-amino-alcohol motifs (C(OH)–C–C–N with tert-alkyl or cyclic N) is 1. The summed E-state index contributed by atoms with van der Waals surface area (Å²) < 4.78 is 14.0. The van der Waals surface area contributed by atoms with Crippen LogP contribution in [-0.4, -0.2) is 80.9 Å². The minimum Gasteiger partial charge on any atom is -0.478 e. The van der Waals surface area contributed by atoms with Crippen molar-refractivity contribution in [2.75, 3.05) is 32.8 Å². The number of aliphatic hydroxyl groups is 2. The van der Waals surface area contributed by atoms with E-state index in [4.69, 9.17) is 5.11 Å². The summed E-state index contributed by atoms with van der Waals surface area (Å²) in [7, 11) is 0. The highest BCUT2D eigenvalue weighted by atomic mass is 19.1. The van der Waals surface area contributed by atoms with Gasteiger partial charge in [0.15, 0.2) is 0 Å². The van der Waals surface area contributed by atoms with E-state index in [1.807, 2.05) is 35.2 Å². The molecule has 1 fully saturated rings. The molecule has 3 aromatic rings. The van der Waals surface area contributed by atoms with Gasteiger partial charge in [-0.1, -0.05) is 30.3 Å². The number of aromatic nitrogens is 1. The largest absolute Gasteiger partial charge is 0.478 e. The summed E-state index contributed by atoms with van der Waals surface area (Å²) in [6.45, 7) is 0.526. The number of hydrogen-bond acceptors (Lipinski definition) is 6. The van der Waals surface area contributed by atoms with Gasteiger partial charge in [-0.25, -0.2) is 14.2 Å². The highest BCUT2D eigenvalue weighted by molar-refractivity contribution is 6.05. The van der Waals surface area contributed by atoms with Crippen molar-refractivity contribution in [2.24, 2.45) is 0 Å². The highest BCUT2D eigenvalue weighted by Crippen LogP contribution is 2.32. The van der Waals surface area contributed by atoms with E-state index in [2.05, 4.69) is 4.98 Å². The van der Waals surface area contributed by atoms with Crippen molar-refractivity contribution in [1.82, 2.24) is 14.8 Å². The second-order valence-electron chi connectivity index (χ2n) is 8.03. The van der Waals surface area contributed by atoms with Crippen LogP contribution in [0, 0.1) is 5.82 Å². The Morgan fingerprint density at radius 2 is 1.91 bits per heavy atom. The van der Waals surface area contributed by atoms with Gasteiger partial charge in [-0.15, -0.1) is 0 Å². The second kappa shape index (κ2) is 9.62. The summed E-state index contributed by atoms with van der Waals surface area (Å²) in [5.74, 6) is -1.99. The zero-order valence-corrected chi connectivity index (χ0v) is 17.8. The Bertz CT molecular complexity index is 1190. The normalized spacial score (nSPS) is 15.7. The number of fused-ring (bicyclic) bond motifs is 1. The number of aliphatic hydroxyl groups excluding tert-OH is 2. The first-order valence-electron chi connectivity index (χ1n) is 10.6. The van der Waals surface area contributed by atoms with Gasteiger partial charge in [0, 0.05) is 42.7 Å². The molecule has 0 saturated carbocycles.